The third-order valence-electron chi connectivity index (χ3n) is 10.2. The van der Waals surface area contributed by atoms with Gasteiger partial charge in [0.15, 0.2) is 0 Å². The van der Waals surface area contributed by atoms with Gasteiger partial charge in [-0.1, -0.05) is 72.8 Å². The maximum Gasteiger partial charge on any atom is 0.313 e. The van der Waals surface area contributed by atoms with Gasteiger partial charge in [-0.3, -0.25) is 19.2 Å². The van der Waals surface area contributed by atoms with Crippen molar-refractivity contribution in [1.29, 1.82) is 0 Å². The summed E-state index contributed by atoms with van der Waals surface area (Å²) in [6.45, 7) is 8.02. The van der Waals surface area contributed by atoms with E-state index in [-0.39, 0.29) is 50.4 Å². The number of amides is 3. The number of nitrogens with one attached hydrogen (secondary N) is 1. The van der Waals surface area contributed by atoms with Crippen molar-refractivity contribution in [3.8, 4) is 0 Å². The number of allylic oxidation sites excluding steroid dienone is 1. The summed E-state index contributed by atoms with van der Waals surface area (Å²) < 4.78 is 12.8. The highest BCUT2D eigenvalue weighted by Gasteiger charge is 2.75. The minimum Gasteiger partial charge on any atom is -0.455 e. The molecule has 2 N–H and O–H groups in total. The summed E-state index contributed by atoms with van der Waals surface area (Å²) in [4.78, 5) is 59.2. The zero-order valence-corrected chi connectivity index (χ0v) is 28.2. The number of aliphatic hydroxyl groups is 1. The van der Waals surface area contributed by atoms with Gasteiger partial charge in [-0.25, -0.2) is 0 Å². The number of ether oxygens (including phenoxy) is 2. The maximum absolute atomic E-state index is 14.8. The Labute approximate surface area is 292 Å². The van der Waals surface area contributed by atoms with Gasteiger partial charge >= 0.3 is 5.97 Å². The van der Waals surface area contributed by atoms with Crippen LogP contribution in [0.15, 0.2) is 98.1 Å². The van der Waals surface area contributed by atoms with Crippen LogP contribution in [0.4, 0.5) is 5.69 Å². The molecule has 3 heterocycles. The molecule has 0 aromatic heterocycles. The van der Waals surface area contributed by atoms with Crippen LogP contribution in [-0.2, 0) is 28.7 Å². The first-order valence-electron chi connectivity index (χ1n) is 17.5. The van der Waals surface area contributed by atoms with E-state index in [0.29, 0.717) is 43.4 Å². The number of nitrogens with zero attached hydrogens (tertiary/aromatic N) is 2. The highest BCUT2D eigenvalue weighted by atomic mass is 16.6. The quantitative estimate of drug-likeness (QED) is 0.126. The van der Waals surface area contributed by atoms with E-state index in [9.17, 15) is 24.3 Å². The number of unbranched alkanes of at least 4 members (excludes halogenated alkanes) is 1. The molecule has 2 bridgehead atoms. The van der Waals surface area contributed by atoms with Crippen molar-refractivity contribution in [1.82, 2.24) is 10.2 Å². The lowest BCUT2D eigenvalue weighted by Gasteiger charge is -2.37. The highest BCUT2D eigenvalue weighted by molar-refractivity contribution is 6.05. The van der Waals surface area contributed by atoms with Crippen LogP contribution in [0, 0.1) is 11.8 Å². The minimum atomic E-state index is -1.22. The summed E-state index contributed by atoms with van der Waals surface area (Å²) in [6.07, 6.45) is 4.57. The molecule has 10 heteroatoms. The molecule has 262 valence electrons. The zero-order chi connectivity index (χ0) is 35.3. The average molecular weight is 680 g/mol. The number of fused-ring (bicyclic) bond motifs is 2. The number of esters is 1. The second kappa shape index (κ2) is 15.4. The molecule has 10 nitrogen and oxygen atoms in total. The van der Waals surface area contributed by atoms with Gasteiger partial charge in [0.25, 0.3) is 5.91 Å². The predicted molar refractivity (Wildman–Crippen MR) is 190 cm³/mol. The van der Waals surface area contributed by atoms with Gasteiger partial charge in [-0.15, -0.1) is 13.2 Å². The van der Waals surface area contributed by atoms with Crippen LogP contribution in [0.1, 0.15) is 50.2 Å². The summed E-state index contributed by atoms with van der Waals surface area (Å²) in [5.41, 5.74) is 0.148. The topological polar surface area (TPSA) is 125 Å². The molecule has 0 unspecified atom stereocenters. The van der Waals surface area contributed by atoms with Gasteiger partial charge in [0.1, 0.15) is 17.7 Å². The monoisotopic (exact) mass is 679 g/mol. The normalized spacial score (nSPS) is 24.1. The van der Waals surface area contributed by atoms with E-state index in [1.807, 2.05) is 72.8 Å². The molecule has 3 amide bonds. The lowest BCUT2D eigenvalue weighted by molar-refractivity contribution is -0.160. The van der Waals surface area contributed by atoms with Crippen molar-refractivity contribution in [2.24, 2.45) is 11.8 Å². The van der Waals surface area contributed by atoms with Crippen molar-refractivity contribution in [3.63, 3.8) is 0 Å². The van der Waals surface area contributed by atoms with E-state index in [0.717, 1.165) is 10.8 Å². The Morgan fingerprint density at radius 3 is 2.54 bits per heavy atom. The Bertz CT molecular complexity index is 1740. The van der Waals surface area contributed by atoms with Crippen molar-refractivity contribution in [3.05, 3.63) is 104 Å². The van der Waals surface area contributed by atoms with E-state index in [1.165, 1.54) is 0 Å². The summed E-state index contributed by atoms with van der Waals surface area (Å²) >= 11 is 0. The Morgan fingerprint density at radius 1 is 1.04 bits per heavy atom. The van der Waals surface area contributed by atoms with Crippen molar-refractivity contribution >= 4 is 40.2 Å². The molecule has 3 aromatic rings. The van der Waals surface area contributed by atoms with Crippen LogP contribution >= 0.6 is 0 Å². The molecule has 3 aliphatic heterocycles. The van der Waals surface area contributed by atoms with E-state index in [2.05, 4.69) is 18.5 Å². The van der Waals surface area contributed by atoms with Crippen LogP contribution < -0.4 is 10.2 Å². The third kappa shape index (κ3) is 6.69. The standard InChI is InChI=1S/C40H45N3O7/c1-3-5-17-33(45)41-26-32(28-14-7-6-8-15-28)49-39(48)34-31-20-21-40(50-31)35(34)37(46)43(23-11-12-24-44)36(40)38(47)42(22-4-2)30-19-18-27-13-9-10-16-29(27)25-30/h3-4,6-10,13-16,18-19,25,31-32,34-36,44H,1-2,5,11-12,17,20-24,26H2,(H,41,45)/t31-,32+,34+,35+,36-,40+/m0/s1. The fourth-order valence-corrected chi connectivity index (χ4v) is 7.92. The van der Waals surface area contributed by atoms with Crippen LogP contribution in [0.5, 0.6) is 0 Å². The second-order valence-corrected chi connectivity index (χ2v) is 13.3. The molecule has 0 aliphatic carbocycles. The van der Waals surface area contributed by atoms with Crippen LogP contribution in [0.2, 0.25) is 0 Å². The summed E-state index contributed by atoms with van der Waals surface area (Å²) in [5, 5.41) is 14.4. The minimum absolute atomic E-state index is 0.0482. The van der Waals surface area contributed by atoms with Crippen LogP contribution in [0.3, 0.4) is 0 Å². The first kappa shape index (κ1) is 35.0. The van der Waals surface area contributed by atoms with Gasteiger partial charge in [0.05, 0.1) is 24.5 Å². The van der Waals surface area contributed by atoms with E-state index < -0.39 is 41.7 Å². The Morgan fingerprint density at radius 2 is 1.80 bits per heavy atom. The molecule has 6 atom stereocenters. The number of hydrogen-bond donors (Lipinski definition) is 2. The van der Waals surface area contributed by atoms with Crippen LogP contribution in [0.25, 0.3) is 10.8 Å². The maximum atomic E-state index is 14.8. The van der Waals surface area contributed by atoms with E-state index in [1.54, 1.807) is 22.0 Å². The fraction of sp³-hybridized carbons (Fsp3) is 0.400. The lowest BCUT2D eigenvalue weighted by Crippen LogP contribution is -2.56. The SMILES string of the molecule is C=CCCC(=O)NC[C@@H](OC(=O)[C@@H]1[C@@H]2CC[C@]3(O2)[C@H](C(=O)N(CC=C)c2ccc4ccccc4c2)N(CCCCO)C(=O)[C@@H]13)c1ccccc1. The number of rotatable bonds is 16. The van der Waals surface area contributed by atoms with Gasteiger partial charge < -0.3 is 29.7 Å². The number of aliphatic hydroxyl groups excluding tert-OH is 1. The summed E-state index contributed by atoms with van der Waals surface area (Å²) in [6, 6.07) is 21.9. The Balaban J connectivity index is 1.31. The molecule has 3 saturated heterocycles. The number of likely N-dealkylation sites (tertiary alicyclic amines) is 1. The Hall–Kier alpha value is -4.80. The van der Waals surface area contributed by atoms with Crippen molar-refractivity contribution < 1.29 is 33.8 Å². The number of hydrogen-bond acceptors (Lipinski definition) is 7. The highest BCUT2D eigenvalue weighted by Crippen LogP contribution is 2.59. The number of anilines is 1. The van der Waals surface area contributed by atoms with E-state index in [4.69, 9.17) is 9.47 Å². The molecule has 3 aliphatic rings. The second-order valence-electron chi connectivity index (χ2n) is 13.3. The van der Waals surface area contributed by atoms with Gasteiger partial charge in [0, 0.05) is 31.8 Å². The number of benzene rings is 3. The van der Waals surface area contributed by atoms with Crippen molar-refractivity contribution in [2.75, 3.05) is 31.1 Å². The average Bonchev–Trinajstić information content (AvgIpc) is 3.78. The molecule has 3 fully saturated rings. The van der Waals surface area contributed by atoms with Gasteiger partial charge in [-0.2, -0.15) is 0 Å². The fourth-order valence-electron chi connectivity index (χ4n) is 7.92. The molecular weight excluding hydrogens is 634 g/mol. The third-order valence-corrected chi connectivity index (χ3v) is 10.2. The first-order valence-corrected chi connectivity index (χ1v) is 17.5. The summed E-state index contributed by atoms with van der Waals surface area (Å²) in [7, 11) is 0. The smallest absolute Gasteiger partial charge is 0.313 e. The number of carbonyl (C=O) groups excluding carboxylic acids is 4. The number of carbonyl (C=O) groups is 4. The Kier molecular flexibility index (Phi) is 10.8. The zero-order valence-electron chi connectivity index (χ0n) is 28.2. The molecule has 0 radical (unpaired) electrons. The van der Waals surface area contributed by atoms with Crippen molar-refractivity contribution in [2.45, 2.75) is 62.4 Å². The van der Waals surface area contributed by atoms with E-state index >= 15 is 0 Å². The molecule has 3 aromatic carbocycles. The van der Waals surface area contributed by atoms with Gasteiger partial charge in [-0.05, 0) is 60.6 Å². The molecule has 0 saturated carbocycles. The largest absolute Gasteiger partial charge is 0.455 e. The predicted octanol–water partition coefficient (Wildman–Crippen LogP) is 4.87. The summed E-state index contributed by atoms with van der Waals surface area (Å²) in [5.74, 6) is -3.26. The lowest BCUT2D eigenvalue weighted by atomic mass is 9.70. The first-order chi connectivity index (χ1) is 24.3. The molecule has 1 spiro atoms. The van der Waals surface area contributed by atoms with Gasteiger partial charge in [0.2, 0.25) is 11.8 Å². The molecule has 50 heavy (non-hydrogen) atoms. The van der Waals surface area contributed by atoms with Crippen LogP contribution in [-0.4, -0.2) is 77.7 Å². The molecule has 6 rings (SSSR count). The molecular formula is C40H45N3O7.